The Morgan fingerprint density at radius 2 is 1.57 bits per heavy atom. The zero-order chi connectivity index (χ0) is 24.5. The minimum Gasteiger partial charge on any atom is -0.488 e. The van der Waals surface area contributed by atoms with Gasteiger partial charge in [0.25, 0.3) is 5.56 Å². The Hall–Kier alpha value is -3.65. The number of piperazine rings is 1. The summed E-state index contributed by atoms with van der Waals surface area (Å²) >= 11 is 0. The van der Waals surface area contributed by atoms with Crippen molar-refractivity contribution in [2.24, 2.45) is 0 Å². The minimum absolute atomic E-state index is 0. The standard InChI is InChI=1S/C28H28FN5O2.ClH/c29-20-12-13-27(36-23-8-1-2-9-23)26(18-20)33-16-14-32(15-17-33)21-6-5-7-22(19-21)34-28(35)24-10-3-4-11-25(24)30-31-34;/h3-7,10-13,18-19,23H,1-2,8-9,14-17H2;1H. The van der Waals surface area contributed by atoms with Crippen LogP contribution in [0.2, 0.25) is 0 Å². The molecule has 4 aromatic rings. The second-order valence-corrected chi connectivity index (χ2v) is 9.45. The molecule has 0 bridgehead atoms. The van der Waals surface area contributed by atoms with E-state index in [1.165, 1.54) is 23.6 Å². The fraction of sp³-hybridized carbons (Fsp3) is 0.321. The summed E-state index contributed by atoms with van der Waals surface area (Å²) in [5, 5.41) is 8.90. The molecule has 0 spiro atoms. The monoisotopic (exact) mass is 521 g/mol. The molecule has 0 unspecified atom stereocenters. The molecule has 9 heteroatoms. The molecule has 1 saturated carbocycles. The van der Waals surface area contributed by atoms with Crippen LogP contribution in [0.5, 0.6) is 5.75 Å². The van der Waals surface area contributed by atoms with Gasteiger partial charge in [-0.3, -0.25) is 4.79 Å². The van der Waals surface area contributed by atoms with Crippen LogP contribution in [0.25, 0.3) is 16.6 Å². The molecule has 3 aromatic carbocycles. The van der Waals surface area contributed by atoms with Gasteiger partial charge in [0.2, 0.25) is 0 Å². The second-order valence-electron chi connectivity index (χ2n) is 9.45. The quantitative estimate of drug-likeness (QED) is 0.369. The Bertz CT molecular complexity index is 1450. The zero-order valence-electron chi connectivity index (χ0n) is 20.4. The van der Waals surface area contributed by atoms with Gasteiger partial charge in [-0.05, 0) is 68.1 Å². The number of aromatic nitrogens is 3. The van der Waals surface area contributed by atoms with Gasteiger partial charge in [-0.15, -0.1) is 17.5 Å². The Morgan fingerprint density at radius 1 is 0.838 bits per heavy atom. The molecule has 6 rings (SSSR count). The summed E-state index contributed by atoms with van der Waals surface area (Å²) in [4.78, 5) is 17.5. The van der Waals surface area contributed by atoms with Gasteiger partial charge in [-0.1, -0.05) is 23.4 Å². The maximum absolute atomic E-state index is 14.2. The van der Waals surface area contributed by atoms with E-state index in [-0.39, 0.29) is 29.9 Å². The molecule has 192 valence electrons. The molecular formula is C28H29ClFN5O2. The summed E-state index contributed by atoms with van der Waals surface area (Å²) in [5.74, 6) is 0.522. The number of nitrogens with zero attached hydrogens (tertiary/aromatic N) is 5. The number of anilines is 2. The van der Waals surface area contributed by atoms with E-state index in [1.54, 1.807) is 24.3 Å². The number of fused-ring (bicyclic) bond motifs is 1. The topological polar surface area (TPSA) is 63.5 Å². The first-order valence-electron chi connectivity index (χ1n) is 12.6. The lowest BCUT2D eigenvalue weighted by Crippen LogP contribution is -2.46. The van der Waals surface area contributed by atoms with Gasteiger partial charge in [0.1, 0.15) is 17.1 Å². The first kappa shape index (κ1) is 25.0. The summed E-state index contributed by atoms with van der Waals surface area (Å²) in [6.07, 6.45) is 4.72. The highest BCUT2D eigenvalue weighted by atomic mass is 35.5. The van der Waals surface area contributed by atoms with Crippen molar-refractivity contribution in [2.75, 3.05) is 36.0 Å². The third-order valence-electron chi connectivity index (χ3n) is 7.15. The van der Waals surface area contributed by atoms with Crippen LogP contribution >= 0.6 is 12.4 Å². The number of hydrogen-bond donors (Lipinski definition) is 0. The molecule has 0 atom stereocenters. The van der Waals surface area contributed by atoms with Gasteiger partial charge in [-0.2, -0.15) is 4.68 Å². The normalized spacial score (nSPS) is 16.1. The number of hydrogen-bond acceptors (Lipinski definition) is 6. The Kier molecular flexibility index (Phi) is 7.28. The minimum atomic E-state index is -0.249. The third kappa shape index (κ3) is 5.11. The fourth-order valence-corrected chi connectivity index (χ4v) is 5.21. The summed E-state index contributed by atoms with van der Waals surface area (Å²) in [6.45, 7) is 3.01. The highest BCUT2D eigenvalue weighted by molar-refractivity contribution is 5.85. The summed E-state index contributed by atoms with van der Waals surface area (Å²) < 4.78 is 21.8. The number of halogens is 2. The van der Waals surface area contributed by atoms with Crippen LogP contribution in [0.15, 0.2) is 71.5 Å². The molecule has 2 fully saturated rings. The molecule has 1 aliphatic carbocycles. The molecule has 0 radical (unpaired) electrons. The van der Waals surface area contributed by atoms with E-state index in [0.717, 1.165) is 56.1 Å². The molecule has 37 heavy (non-hydrogen) atoms. The lowest BCUT2D eigenvalue weighted by molar-refractivity contribution is 0.210. The van der Waals surface area contributed by atoms with Crippen molar-refractivity contribution in [3.63, 3.8) is 0 Å². The van der Waals surface area contributed by atoms with Crippen LogP contribution in [0, 0.1) is 5.82 Å². The average molecular weight is 522 g/mol. The van der Waals surface area contributed by atoms with Gasteiger partial charge in [0.05, 0.1) is 22.9 Å². The Labute approximate surface area is 220 Å². The van der Waals surface area contributed by atoms with Crippen molar-refractivity contribution < 1.29 is 9.13 Å². The van der Waals surface area contributed by atoms with E-state index in [2.05, 4.69) is 20.1 Å². The maximum Gasteiger partial charge on any atom is 0.282 e. The molecule has 0 amide bonds. The highest BCUT2D eigenvalue weighted by Crippen LogP contribution is 2.34. The lowest BCUT2D eigenvalue weighted by Gasteiger charge is -2.38. The SMILES string of the molecule is Cl.O=c1c2ccccc2nnn1-c1cccc(N2CCN(c3cc(F)ccc3OC3CCCC3)CC2)c1. The van der Waals surface area contributed by atoms with Crippen LogP contribution in [0.1, 0.15) is 25.7 Å². The molecule has 1 saturated heterocycles. The van der Waals surface area contributed by atoms with E-state index in [4.69, 9.17) is 4.74 Å². The first-order chi connectivity index (χ1) is 17.7. The van der Waals surface area contributed by atoms with Crippen molar-refractivity contribution in [3.05, 3.63) is 82.9 Å². The van der Waals surface area contributed by atoms with Gasteiger partial charge >= 0.3 is 0 Å². The van der Waals surface area contributed by atoms with Gasteiger partial charge in [-0.25, -0.2) is 4.39 Å². The third-order valence-corrected chi connectivity index (χ3v) is 7.15. The summed E-state index contributed by atoms with van der Waals surface area (Å²) in [5.41, 5.74) is 2.91. The predicted molar refractivity (Wildman–Crippen MR) is 146 cm³/mol. The highest BCUT2D eigenvalue weighted by Gasteiger charge is 2.24. The van der Waals surface area contributed by atoms with Crippen molar-refractivity contribution in [1.82, 2.24) is 15.0 Å². The Balaban J connectivity index is 0.00000280. The lowest BCUT2D eigenvalue weighted by atomic mass is 10.2. The van der Waals surface area contributed by atoms with Gasteiger partial charge in [0, 0.05) is 37.9 Å². The van der Waals surface area contributed by atoms with Crippen molar-refractivity contribution in [1.29, 1.82) is 0 Å². The van der Waals surface area contributed by atoms with Crippen molar-refractivity contribution >= 4 is 34.7 Å². The maximum atomic E-state index is 14.2. The van der Waals surface area contributed by atoms with Gasteiger partial charge < -0.3 is 14.5 Å². The first-order valence-corrected chi connectivity index (χ1v) is 12.6. The van der Waals surface area contributed by atoms with Crippen LogP contribution in [0.3, 0.4) is 0 Å². The van der Waals surface area contributed by atoms with E-state index >= 15 is 0 Å². The molecule has 2 aliphatic rings. The summed E-state index contributed by atoms with van der Waals surface area (Å²) in [7, 11) is 0. The predicted octanol–water partition coefficient (Wildman–Crippen LogP) is 4.99. The van der Waals surface area contributed by atoms with Crippen LogP contribution in [-0.2, 0) is 0 Å². The van der Waals surface area contributed by atoms with Crippen LogP contribution in [-0.4, -0.2) is 47.3 Å². The largest absolute Gasteiger partial charge is 0.488 e. The van der Waals surface area contributed by atoms with Crippen molar-refractivity contribution in [2.45, 2.75) is 31.8 Å². The van der Waals surface area contributed by atoms with Crippen LogP contribution < -0.4 is 20.1 Å². The van der Waals surface area contributed by atoms with E-state index in [1.807, 2.05) is 36.4 Å². The second kappa shape index (κ2) is 10.8. The number of rotatable bonds is 5. The number of benzene rings is 3. The van der Waals surface area contributed by atoms with E-state index in [0.29, 0.717) is 16.6 Å². The smallest absolute Gasteiger partial charge is 0.282 e. The fourth-order valence-electron chi connectivity index (χ4n) is 5.21. The Morgan fingerprint density at radius 3 is 2.38 bits per heavy atom. The molecular weight excluding hydrogens is 493 g/mol. The summed E-state index contributed by atoms with van der Waals surface area (Å²) in [6, 6.07) is 19.9. The van der Waals surface area contributed by atoms with Crippen LogP contribution in [0.4, 0.5) is 15.8 Å². The van der Waals surface area contributed by atoms with Gasteiger partial charge in [0.15, 0.2) is 0 Å². The molecule has 7 nitrogen and oxygen atoms in total. The van der Waals surface area contributed by atoms with E-state index < -0.39 is 0 Å². The molecule has 1 aromatic heterocycles. The number of ether oxygens (including phenoxy) is 1. The zero-order valence-corrected chi connectivity index (χ0v) is 21.2. The van der Waals surface area contributed by atoms with Crippen molar-refractivity contribution in [3.8, 4) is 11.4 Å². The average Bonchev–Trinajstić information content (AvgIpc) is 3.43. The molecule has 2 heterocycles. The molecule has 0 N–H and O–H groups in total. The van der Waals surface area contributed by atoms with E-state index in [9.17, 15) is 9.18 Å². The molecule has 1 aliphatic heterocycles.